The molecular formula is C16H14ClF3N4O2. The van der Waals surface area contributed by atoms with Crippen LogP contribution in [0.15, 0.2) is 30.6 Å². The summed E-state index contributed by atoms with van der Waals surface area (Å²) in [5.74, 6) is -0.307. The van der Waals surface area contributed by atoms with E-state index < -0.39 is 11.7 Å². The number of alkyl halides is 3. The van der Waals surface area contributed by atoms with E-state index in [0.717, 1.165) is 6.07 Å². The Kier molecular flexibility index (Phi) is 5.28. The van der Waals surface area contributed by atoms with Crippen molar-refractivity contribution in [1.29, 1.82) is 0 Å². The Morgan fingerprint density at radius 2 is 1.85 bits per heavy atom. The lowest BCUT2D eigenvalue weighted by Gasteiger charge is -2.26. The van der Waals surface area contributed by atoms with Crippen LogP contribution in [0.25, 0.3) is 0 Å². The number of hydrogen-bond acceptors (Lipinski definition) is 5. The Labute approximate surface area is 151 Å². The number of halogens is 4. The second-order valence-electron chi connectivity index (χ2n) is 5.51. The summed E-state index contributed by atoms with van der Waals surface area (Å²) in [7, 11) is 0. The van der Waals surface area contributed by atoms with Gasteiger partial charge in [-0.1, -0.05) is 11.6 Å². The fraction of sp³-hybridized carbons (Fsp3) is 0.312. The number of nitrogens with zero attached hydrogens (tertiary/aromatic N) is 3. The maximum Gasteiger partial charge on any atom is 0.418 e. The van der Waals surface area contributed by atoms with Crippen molar-refractivity contribution in [2.45, 2.75) is 6.18 Å². The molecule has 1 N–H and O–H groups in total. The number of amides is 1. The summed E-state index contributed by atoms with van der Waals surface area (Å²) >= 11 is 5.65. The van der Waals surface area contributed by atoms with E-state index in [9.17, 15) is 18.0 Å². The van der Waals surface area contributed by atoms with Crippen molar-refractivity contribution >= 4 is 29.1 Å². The molecule has 1 aliphatic rings. The number of benzene rings is 1. The molecule has 0 aliphatic carbocycles. The maximum atomic E-state index is 13.1. The number of carbonyl (C=O) groups is 1. The van der Waals surface area contributed by atoms with Crippen molar-refractivity contribution in [1.82, 2.24) is 14.9 Å². The summed E-state index contributed by atoms with van der Waals surface area (Å²) in [5.41, 5.74) is -0.902. The topological polar surface area (TPSA) is 67.4 Å². The average Bonchev–Trinajstić information content (AvgIpc) is 2.63. The highest BCUT2D eigenvalue weighted by Gasteiger charge is 2.34. The first-order chi connectivity index (χ1) is 12.3. The lowest BCUT2D eigenvalue weighted by atomic mass is 10.1. The molecule has 1 amide bonds. The van der Waals surface area contributed by atoms with Crippen molar-refractivity contribution < 1.29 is 22.7 Å². The third kappa shape index (κ3) is 4.23. The van der Waals surface area contributed by atoms with Gasteiger partial charge < -0.3 is 15.0 Å². The number of carbonyl (C=O) groups excluding carboxylic acids is 1. The predicted molar refractivity (Wildman–Crippen MR) is 88.5 cm³/mol. The molecule has 6 nitrogen and oxygen atoms in total. The van der Waals surface area contributed by atoms with Gasteiger partial charge in [0.2, 0.25) is 5.95 Å². The zero-order valence-electron chi connectivity index (χ0n) is 13.4. The average molecular weight is 387 g/mol. The monoisotopic (exact) mass is 386 g/mol. The van der Waals surface area contributed by atoms with Crippen LogP contribution in [0.3, 0.4) is 0 Å². The molecule has 0 bridgehead atoms. The van der Waals surface area contributed by atoms with Crippen molar-refractivity contribution in [2.24, 2.45) is 0 Å². The van der Waals surface area contributed by atoms with Crippen LogP contribution in [-0.2, 0) is 10.9 Å². The fourth-order valence-electron chi connectivity index (χ4n) is 2.43. The summed E-state index contributed by atoms with van der Waals surface area (Å²) in [6, 6.07) is 3.34. The predicted octanol–water partition coefficient (Wildman–Crippen LogP) is 3.36. The van der Waals surface area contributed by atoms with Crippen molar-refractivity contribution in [3.05, 3.63) is 46.7 Å². The first kappa shape index (κ1) is 18.4. The van der Waals surface area contributed by atoms with Crippen LogP contribution < -0.4 is 5.32 Å². The highest BCUT2D eigenvalue weighted by atomic mass is 35.5. The highest BCUT2D eigenvalue weighted by molar-refractivity contribution is 6.30. The molecule has 1 aromatic carbocycles. The molecule has 138 valence electrons. The normalized spacial score (nSPS) is 15.0. The van der Waals surface area contributed by atoms with E-state index in [4.69, 9.17) is 16.3 Å². The molecule has 10 heteroatoms. The van der Waals surface area contributed by atoms with Gasteiger partial charge in [0.15, 0.2) is 0 Å². The second-order valence-corrected chi connectivity index (χ2v) is 5.95. The Morgan fingerprint density at radius 3 is 2.46 bits per heavy atom. The number of rotatable bonds is 3. The molecule has 2 aromatic rings. The zero-order valence-corrected chi connectivity index (χ0v) is 14.1. The smallest absolute Gasteiger partial charge is 0.378 e. The lowest BCUT2D eigenvalue weighted by Crippen LogP contribution is -2.40. The van der Waals surface area contributed by atoms with E-state index in [1.165, 1.54) is 24.5 Å². The summed E-state index contributed by atoms with van der Waals surface area (Å²) in [6.07, 6.45) is -2.04. The van der Waals surface area contributed by atoms with Crippen LogP contribution in [-0.4, -0.2) is 47.1 Å². The van der Waals surface area contributed by atoms with Gasteiger partial charge in [0, 0.05) is 30.5 Å². The molecule has 1 aromatic heterocycles. The van der Waals surface area contributed by atoms with Gasteiger partial charge in [-0.25, -0.2) is 9.97 Å². The van der Waals surface area contributed by atoms with Crippen LogP contribution in [0.1, 0.15) is 15.9 Å². The third-order valence-corrected chi connectivity index (χ3v) is 3.97. The van der Waals surface area contributed by atoms with Crippen LogP contribution in [0.2, 0.25) is 5.02 Å². The van der Waals surface area contributed by atoms with Crippen LogP contribution in [0, 0.1) is 0 Å². The van der Waals surface area contributed by atoms with Gasteiger partial charge in [0.05, 0.1) is 30.0 Å². The van der Waals surface area contributed by atoms with Gasteiger partial charge in [0.25, 0.3) is 5.91 Å². The summed E-state index contributed by atoms with van der Waals surface area (Å²) < 4.78 is 44.5. The number of hydrogen-bond donors (Lipinski definition) is 1. The molecule has 1 saturated heterocycles. The van der Waals surface area contributed by atoms with E-state index in [2.05, 4.69) is 15.3 Å². The van der Waals surface area contributed by atoms with Crippen molar-refractivity contribution in [3.8, 4) is 0 Å². The minimum absolute atomic E-state index is 0.0322. The van der Waals surface area contributed by atoms with Crippen LogP contribution >= 0.6 is 11.6 Å². The molecular weight excluding hydrogens is 373 g/mol. The van der Waals surface area contributed by atoms with Gasteiger partial charge in [-0.2, -0.15) is 13.2 Å². The summed E-state index contributed by atoms with van der Waals surface area (Å²) in [5, 5.41) is 2.47. The molecule has 3 rings (SSSR count). The molecule has 0 unspecified atom stereocenters. The largest absolute Gasteiger partial charge is 0.418 e. The number of morpholine rings is 1. The van der Waals surface area contributed by atoms with Gasteiger partial charge in [0.1, 0.15) is 0 Å². The van der Waals surface area contributed by atoms with E-state index in [-0.39, 0.29) is 28.1 Å². The van der Waals surface area contributed by atoms with E-state index >= 15 is 0 Å². The first-order valence-corrected chi connectivity index (χ1v) is 8.05. The molecule has 0 spiro atoms. The minimum Gasteiger partial charge on any atom is -0.378 e. The van der Waals surface area contributed by atoms with Gasteiger partial charge in [-0.05, 0) is 18.2 Å². The maximum absolute atomic E-state index is 13.1. The Hall–Kier alpha value is -2.39. The molecule has 0 saturated carbocycles. The van der Waals surface area contributed by atoms with Gasteiger partial charge in [-0.15, -0.1) is 0 Å². The third-order valence-electron chi connectivity index (χ3n) is 3.73. The van der Waals surface area contributed by atoms with Gasteiger partial charge >= 0.3 is 6.18 Å². The van der Waals surface area contributed by atoms with E-state index in [1.54, 1.807) is 4.90 Å². The van der Waals surface area contributed by atoms with Crippen molar-refractivity contribution in [3.63, 3.8) is 0 Å². The number of nitrogens with one attached hydrogen (secondary N) is 1. The Bertz CT molecular complexity index is 793. The molecule has 1 fully saturated rings. The van der Waals surface area contributed by atoms with Crippen LogP contribution in [0.5, 0.6) is 0 Å². The SMILES string of the molecule is O=C(c1cnc(Nc2ccc(Cl)cc2C(F)(F)F)nc1)N1CCOCC1. The van der Waals surface area contributed by atoms with Crippen LogP contribution in [0.4, 0.5) is 24.8 Å². The van der Waals surface area contributed by atoms with Crippen molar-refractivity contribution in [2.75, 3.05) is 31.6 Å². The molecule has 0 atom stereocenters. The summed E-state index contributed by atoms with van der Waals surface area (Å²) in [6.45, 7) is 1.86. The number of ether oxygens (including phenoxy) is 1. The standard InChI is InChI=1S/C16H14ClF3N4O2/c17-11-1-2-13(12(7-11)16(18,19)20)23-15-21-8-10(9-22-15)14(25)24-3-5-26-6-4-24/h1-2,7-9H,3-6H2,(H,21,22,23). The highest BCUT2D eigenvalue weighted by Crippen LogP contribution is 2.37. The minimum atomic E-state index is -4.58. The first-order valence-electron chi connectivity index (χ1n) is 7.67. The fourth-order valence-corrected chi connectivity index (χ4v) is 2.60. The Morgan fingerprint density at radius 1 is 1.19 bits per heavy atom. The number of aromatic nitrogens is 2. The van der Waals surface area contributed by atoms with E-state index in [1.807, 2.05) is 0 Å². The molecule has 2 heterocycles. The quantitative estimate of drug-likeness (QED) is 0.876. The molecule has 1 aliphatic heterocycles. The summed E-state index contributed by atoms with van der Waals surface area (Å²) in [4.78, 5) is 21.8. The lowest BCUT2D eigenvalue weighted by molar-refractivity contribution is -0.136. The molecule has 0 radical (unpaired) electrons. The number of anilines is 2. The Balaban J connectivity index is 1.77. The van der Waals surface area contributed by atoms with E-state index in [0.29, 0.717) is 26.3 Å². The zero-order chi connectivity index (χ0) is 18.7. The van der Waals surface area contributed by atoms with Gasteiger partial charge in [-0.3, -0.25) is 4.79 Å². The second kappa shape index (κ2) is 7.46. The molecule has 26 heavy (non-hydrogen) atoms.